The Hall–Kier alpha value is -2.44. The third-order valence-electron chi connectivity index (χ3n) is 2.41. The van der Waals surface area contributed by atoms with E-state index in [0.717, 1.165) is 0 Å². The van der Waals surface area contributed by atoms with E-state index >= 15 is 0 Å². The number of nitro benzene ring substituents is 1. The molecule has 0 fully saturated rings. The van der Waals surface area contributed by atoms with E-state index in [0.29, 0.717) is 0 Å². The first-order valence-electron chi connectivity index (χ1n) is 5.09. The van der Waals surface area contributed by atoms with E-state index in [1.807, 2.05) is 0 Å². The average molecular weight is 252 g/mol. The Morgan fingerprint density at radius 1 is 1.44 bits per heavy atom. The van der Waals surface area contributed by atoms with Gasteiger partial charge in [-0.2, -0.15) is 0 Å². The fourth-order valence-electron chi connectivity index (χ4n) is 1.32. The molecule has 0 radical (unpaired) electrons. The number of nitro groups is 1. The molecule has 0 saturated heterocycles. The molecule has 0 unspecified atom stereocenters. The fraction of sp³-hybridized carbons (Fsp3) is 0.273. The fourth-order valence-corrected chi connectivity index (χ4v) is 1.32. The van der Waals surface area contributed by atoms with E-state index in [4.69, 9.17) is 10.5 Å². The number of ether oxygens (including phenoxy) is 1. The van der Waals surface area contributed by atoms with Crippen molar-refractivity contribution in [2.45, 2.75) is 20.0 Å². The van der Waals surface area contributed by atoms with Crippen LogP contribution in [0.4, 0.5) is 5.69 Å². The molecule has 96 valence electrons. The van der Waals surface area contributed by atoms with Gasteiger partial charge in [0.25, 0.3) is 11.6 Å². The number of amides is 1. The standard InChI is InChI=1S/C11H12N2O5/c1-6-8(4-3-5-9(6)13(16)17)11(15)18-7(2)10(12)14/h3-5,7H,1-2H3,(H2,12,14)/t7-/m1/s1. The Balaban J connectivity index is 3.04. The Bertz CT molecular complexity index is 512. The van der Waals surface area contributed by atoms with Crippen LogP contribution in [0.5, 0.6) is 0 Å². The van der Waals surface area contributed by atoms with Crippen molar-refractivity contribution in [3.05, 3.63) is 39.4 Å². The third kappa shape index (κ3) is 2.82. The first-order chi connectivity index (χ1) is 8.34. The van der Waals surface area contributed by atoms with Crippen LogP contribution < -0.4 is 5.73 Å². The lowest BCUT2D eigenvalue weighted by atomic mass is 10.1. The summed E-state index contributed by atoms with van der Waals surface area (Å²) in [7, 11) is 0. The lowest BCUT2D eigenvalue weighted by molar-refractivity contribution is -0.385. The molecule has 0 heterocycles. The molecule has 1 rings (SSSR count). The van der Waals surface area contributed by atoms with Crippen molar-refractivity contribution in [2.24, 2.45) is 5.73 Å². The number of primary amides is 1. The number of carbonyl (C=O) groups excluding carboxylic acids is 2. The van der Waals surface area contributed by atoms with Gasteiger partial charge in [0.1, 0.15) is 0 Å². The molecule has 2 N–H and O–H groups in total. The molecule has 18 heavy (non-hydrogen) atoms. The van der Waals surface area contributed by atoms with Crippen LogP contribution in [-0.4, -0.2) is 22.9 Å². The third-order valence-corrected chi connectivity index (χ3v) is 2.41. The Kier molecular flexibility index (Phi) is 3.98. The quantitative estimate of drug-likeness (QED) is 0.486. The van der Waals surface area contributed by atoms with Crippen LogP contribution in [0.2, 0.25) is 0 Å². The Labute approximate surface area is 103 Å². The van der Waals surface area contributed by atoms with Gasteiger partial charge in [0, 0.05) is 11.6 Å². The summed E-state index contributed by atoms with van der Waals surface area (Å²) in [6.45, 7) is 2.76. The summed E-state index contributed by atoms with van der Waals surface area (Å²) < 4.78 is 4.78. The van der Waals surface area contributed by atoms with Crippen LogP contribution >= 0.6 is 0 Å². The van der Waals surface area contributed by atoms with Crippen LogP contribution in [0.1, 0.15) is 22.8 Å². The van der Waals surface area contributed by atoms with Crippen molar-refractivity contribution in [1.82, 2.24) is 0 Å². The van der Waals surface area contributed by atoms with Crippen molar-refractivity contribution < 1.29 is 19.2 Å². The normalized spacial score (nSPS) is 11.7. The van der Waals surface area contributed by atoms with Crippen LogP contribution in [0, 0.1) is 17.0 Å². The summed E-state index contributed by atoms with van der Waals surface area (Å²) in [4.78, 5) is 32.6. The molecule has 0 saturated carbocycles. The number of hydrogen-bond donors (Lipinski definition) is 1. The summed E-state index contributed by atoms with van der Waals surface area (Å²) in [5, 5.41) is 10.7. The number of carbonyl (C=O) groups is 2. The van der Waals surface area contributed by atoms with Crippen LogP contribution in [0.15, 0.2) is 18.2 Å². The molecule has 1 aromatic rings. The van der Waals surface area contributed by atoms with Crippen molar-refractivity contribution in [1.29, 1.82) is 0 Å². The van der Waals surface area contributed by atoms with Crippen molar-refractivity contribution in [2.75, 3.05) is 0 Å². The molecule has 0 spiro atoms. The van der Waals surface area contributed by atoms with Crippen molar-refractivity contribution in [3.8, 4) is 0 Å². The van der Waals surface area contributed by atoms with Crippen LogP contribution in [0.3, 0.4) is 0 Å². The van der Waals surface area contributed by atoms with Gasteiger partial charge in [0.05, 0.1) is 10.5 Å². The number of rotatable bonds is 4. The second kappa shape index (κ2) is 5.26. The lowest BCUT2D eigenvalue weighted by Crippen LogP contribution is -2.30. The molecule has 7 nitrogen and oxygen atoms in total. The lowest BCUT2D eigenvalue weighted by Gasteiger charge is -2.10. The zero-order valence-corrected chi connectivity index (χ0v) is 9.88. The average Bonchev–Trinajstić information content (AvgIpc) is 2.28. The van der Waals surface area contributed by atoms with Crippen LogP contribution in [-0.2, 0) is 9.53 Å². The minimum Gasteiger partial charge on any atom is -0.449 e. The molecular weight excluding hydrogens is 240 g/mol. The molecule has 0 aromatic heterocycles. The van der Waals surface area contributed by atoms with E-state index in [1.165, 1.54) is 32.0 Å². The number of benzene rings is 1. The molecule has 0 aliphatic rings. The van der Waals surface area contributed by atoms with E-state index < -0.39 is 22.9 Å². The smallest absolute Gasteiger partial charge is 0.339 e. The predicted molar refractivity (Wildman–Crippen MR) is 61.9 cm³/mol. The maximum absolute atomic E-state index is 11.7. The van der Waals surface area contributed by atoms with Gasteiger partial charge in [0.15, 0.2) is 6.10 Å². The number of nitrogens with two attached hydrogens (primary N) is 1. The first kappa shape index (κ1) is 13.6. The summed E-state index contributed by atoms with van der Waals surface area (Å²) >= 11 is 0. The zero-order valence-electron chi connectivity index (χ0n) is 9.88. The minimum atomic E-state index is -1.09. The van der Waals surface area contributed by atoms with Gasteiger partial charge in [-0.05, 0) is 19.9 Å². The molecule has 0 aliphatic carbocycles. The summed E-state index contributed by atoms with van der Waals surface area (Å²) in [5.41, 5.74) is 4.99. The first-order valence-corrected chi connectivity index (χ1v) is 5.09. The second-order valence-corrected chi connectivity index (χ2v) is 3.66. The molecule has 0 aliphatic heterocycles. The van der Waals surface area contributed by atoms with Gasteiger partial charge < -0.3 is 10.5 Å². The number of esters is 1. The molecule has 1 atom stereocenters. The predicted octanol–water partition coefficient (Wildman–Crippen LogP) is 0.934. The monoisotopic (exact) mass is 252 g/mol. The van der Waals surface area contributed by atoms with Gasteiger partial charge in [-0.15, -0.1) is 0 Å². The van der Waals surface area contributed by atoms with E-state index in [-0.39, 0.29) is 16.8 Å². The Morgan fingerprint density at radius 2 is 2.06 bits per heavy atom. The van der Waals surface area contributed by atoms with Gasteiger partial charge in [-0.1, -0.05) is 6.07 Å². The molecule has 0 bridgehead atoms. The van der Waals surface area contributed by atoms with Gasteiger partial charge in [-0.3, -0.25) is 14.9 Å². The van der Waals surface area contributed by atoms with Gasteiger partial charge in [0.2, 0.25) is 0 Å². The highest BCUT2D eigenvalue weighted by atomic mass is 16.6. The highest BCUT2D eigenvalue weighted by Gasteiger charge is 2.21. The Morgan fingerprint density at radius 3 is 2.56 bits per heavy atom. The number of hydrogen-bond acceptors (Lipinski definition) is 5. The minimum absolute atomic E-state index is 0.0392. The summed E-state index contributed by atoms with van der Waals surface area (Å²) in [5.74, 6) is -1.60. The molecule has 1 aromatic carbocycles. The topological polar surface area (TPSA) is 113 Å². The maximum atomic E-state index is 11.7. The second-order valence-electron chi connectivity index (χ2n) is 3.66. The maximum Gasteiger partial charge on any atom is 0.339 e. The highest BCUT2D eigenvalue weighted by molar-refractivity contribution is 5.94. The SMILES string of the molecule is Cc1c(C(=O)O[C@H](C)C(N)=O)cccc1[N+](=O)[O-]. The molecular formula is C11H12N2O5. The highest BCUT2D eigenvalue weighted by Crippen LogP contribution is 2.21. The van der Waals surface area contributed by atoms with Crippen molar-refractivity contribution in [3.63, 3.8) is 0 Å². The zero-order chi connectivity index (χ0) is 13.9. The van der Waals surface area contributed by atoms with Gasteiger partial charge >= 0.3 is 5.97 Å². The summed E-state index contributed by atoms with van der Waals surface area (Å²) in [6, 6.07) is 4.04. The van der Waals surface area contributed by atoms with E-state index in [9.17, 15) is 19.7 Å². The van der Waals surface area contributed by atoms with Gasteiger partial charge in [-0.25, -0.2) is 4.79 Å². The number of nitrogens with zero attached hydrogens (tertiary/aromatic N) is 1. The van der Waals surface area contributed by atoms with Crippen LogP contribution in [0.25, 0.3) is 0 Å². The van der Waals surface area contributed by atoms with E-state index in [1.54, 1.807) is 0 Å². The molecule has 1 amide bonds. The van der Waals surface area contributed by atoms with E-state index in [2.05, 4.69) is 0 Å². The molecule has 7 heteroatoms. The summed E-state index contributed by atoms with van der Waals surface area (Å²) in [6.07, 6.45) is -1.09. The largest absolute Gasteiger partial charge is 0.449 e. The van der Waals surface area contributed by atoms with Crippen molar-refractivity contribution >= 4 is 17.6 Å².